The number of sulfonamides is 1. The Bertz CT molecular complexity index is 643. The van der Waals surface area contributed by atoms with Crippen molar-refractivity contribution in [3.63, 3.8) is 0 Å². The lowest BCUT2D eigenvalue weighted by atomic mass is 10.2. The second kappa shape index (κ2) is 7.21. The number of nitrogens with one attached hydrogen (secondary N) is 2. The maximum absolute atomic E-state index is 12.0. The molecule has 2 N–H and O–H groups in total. The van der Waals surface area contributed by atoms with Gasteiger partial charge in [0.05, 0.1) is 11.4 Å². The first kappa shape index (κ1) is 17.6. The molecule has 128 valence electrons. The van der Waals surface area contributed by atoms with Crippen LogP contribution in [0.1, 0.15) is 33.6 Å². The van der Waals surface area contributed by atoms with E-state index in [1.165, 1.54) is 4.31 Å². The molecule has 1 aliphatic heterocycles. The minimum atomic E-state index is -3.16. The highest BCUT2D eigenvalue weighted by Crippen LogP contribution is 2.25. The van der Waals surface area contributed by atoms with E-state index in [1.54, 1.807) is 31.2 Å². The van der Waals surface area contributed by atoms with Crippen molar-refractivity contribution in [3.8, 4) is 0 Å². The number of amides is 1. The summed E-state index contributed by atoms with van der Waals surface area (Å²) in [6.07, 6.45) is 1.55. The van der Waals surface area contributed by atoms with E-state index in [2.05, 4.69) is 10.6 Å². The molecule has 0 saturated carbocycles. The number of carbonyl (C=O) groups excluding carboxylic acids is 1. The summed E-state index contributed by atoms with van der Waals surface area (Å²) < 4.78 is 25.2. The Morgan fingerprint density at radius 3 is 2.43 bits per heavy atom. The van der Waals surface area contributed by atoms with Crippen LogP contribution in [-0.2, 0) is 14.8 Å². The molecule has 1 aliphatic rings. The third-order valence-corrected chi connectivity index (χ3v) is 5.90. The zero-order valence-electron chi connectivity index (χ0n) is 13.9. The standard InChI is InChI=1S/C16H25N3O3S/c1-4-12(2)17-16(20)13(3)18-14-6-8-15(9-7-14)19-10-5-11-23(19,21)22/h6-9,12-13,18H,4-5,10-11H2,1-3H3,(H,17,20)/t12-,13+/m1/s1. The Kier molecular flexibility index (Phi) is 5.51. The Balaban J connectivity index is 1.99. The van der Waals surface area contributed by atoms with Crippen LogP contribution in [0.25, 0.3) is 0 Å². The summed E-state index contributed by atoms with van der Waals surface area (Å²) in [6, 6.07) is 6.93. The van der Waals surface area contributed by atoms with E-state index in [0.717, 1.165) is 12.1 Å². The van der Waals surface area contributed by atoms with Crippen LogP contribution >= 0.6 is 0 Å². The van der Waals surface area contributed by atoms with Gasteiger partial charge in [-0.2, -0.15) is 0 Å². The Morgan fingerprint density at radius 2 is 1.91 bits per heavy atom. The maximum Gasteiger partial charge on any atom is 0.242 e. The van der Waals surface area contributed by atoms with Crippen molar-refractivity contribution in [3.05, 3.63) is 24.3 Å². The van der Waals surface area contributed by atoms with Gasteiger partial charge in [0.2, 0.25) is 15.9 Å². The highest BCUT2D eigenvalue weighted by atomic mass is 32.2. The van der Waals surface area contributed by atoms with Gasteiger partial charge in [-0.05, 0) is 51.0 Å². The van der Waals surface area contributed by atoms with Crippen LogP contribution in [0.2, 0.25) is 0 Å². The normalized spacial score (nSPS) is 19.2. The fraction of sp³-hybridized carbons (Fsp3) is 0.562. The van der Waals surface area contributed by atoms with E-state index in [0.29, 0.717) is 18.7 Å². The Morgan fingerprint density at radius 1 is 1.26 bits per heavy atom. The third kappa shape index (κ3) is 4.37. The van der Waals surface area contributed by atoms with E-state index in [1.807, 2.05) is 13.8 Å². The van der Waals surface area contributed by atoms with E-state index in [9.17, 15) is 13.2 Å². The fourth-order valence-corrected chi connectivity index (χ4v) is 4.00. The van der Waals surface area contributed by atoms with E-state index >= 15 is 0 Å². The lowest BCUT2D eigenvalue weighted by molar-refractivity contribution is -0.122. The molecule has 7 heteroatoms. The molecule has 1 aromatic carbocycles. The third-order valence-electron chi connectivity index (χ3n) is 4.03. The SMILES string of the molecule is CC[C@@H](C)NC(=O)[C@H](C)Nc1ccc(N2CCCS2(=O)=O)cc1. The van der Waals surface area contributed by atoms with Crippen molar-refractivity contribution in [1.29, 1.82) is 0 Å². The number of hydrogen-bond donors (Lipinski definition) is 2. The molecule has 1 amide bonds. The molecule has 0 bridgehead atoms. The minimum absolute atomic E-state index is 0.0504. The summed E-state index contributed by atoms with van der Waals surface area (Å²) >= 11 is 0. The van der Waals surface area contributed by atoms with Crippen molar-refractivity contribution in [1.82, 2.24) is 5.32 Å². The molecule has 0 spiro atoms. The molecule has 23 heavy (non-hydrogen) atoms. The topological polar surface area (TPSA) is 78.5 Å². The average molecular weight is 339 g/mol. The summed E-state index contributed by atoms with van der Waals surface area (Å²) in [4.78, 5) is 12.0. The van der Waals surface area contributed by atoms with Crippen molar-refractivity contribution >= 4 is 27.3 Å². The van der Waals surface area contributed by atoms with Gasteiger partial charge in [0.1, 0.15) is 6.04 Å². The van der Waals surface area contributed by atoms with Crippen LogP contribution in [0.15, 0.2) is 24.3 Å². The van der Waals surface area contributed by atoms with Crippen LogP contribution in [-0.4, -0.2) is 38.7 Å². The van der Waals surface area contributed by atoms with Gasteiger partial charge >= 0.3 is 0 Å². The molecule has 1 heterocycles. The second-order valence-corrected chi connectivity index (χ2v) is 7.99. The largest absolute Gasteiger partial charge is 0.374 e. The average Bonchev–Trinajstić information content (AvgIpc) is 2.87. The fourth-order valence-electron chi connectivity index (χ4n) is 2.44. The molecule has 2 atom stereocenters. The smallest absolute Gasteiger partial charge is 0.242 e. The lowest BCUT2D eigenvalue weighted by Crippen LogP contribution is -2.41. The first-order valence-electron chi connectivity index (χ1n) is 8.01. The molecule has 0 aromatic heterocycles. The van der Waals surface area contributed by atoms with E-state index in [4.69, 9.17) is 0 Å². The molecule has 6 nitrogen and oxygen atoms in total. The highest BCUT2D eigenvalue weighted by molar-refractivity contribution is 7.93. The van der Waals surface area contributed by atoms with Crippen LogP contribution in [0.3, 0.4) is 0 Å². The van der Waals surface area contributed by atoms with E-state index in [-0.39, 0.29) is 23.7 Å². The summed E-state index contributed by atoms with van der Waals surface area (Å²) in [5, 5.41) is 6.06. The van der Waals surface area contributed by atoms with Gasteiger partial charge in [-0.25, -0.2) is 8.42 Å². The summed E-state index contributed by atoms with van der Waals surface area (Å²) in [6.45, 7) is 6.32. The van der Waals surface area contributed by atoms with E-state index < -0.39 is 10.0 Å². The first-order chi connectivity index (χ1) is 10.8. The molecule has 2 rings (SSSR count). The monoisotopic (exact) mass is 339 g/mol. The van der Waals surface area contributed by atoms with Gasteiger partial charge in [0.25, 0.3) is 0 Å². The minimum Gasteiger partial charge on any atom is -0.374 e. The number of benzene rings is 1. The van der Waals surface area contributed by atoms with Crippen molar-refractivity contribution < 1.29 is 13.2 Å². The molecule has 1 aromatic rings. The van der Waals surface area contributed by atoms with Crippen LogP contribution in [0, 0.1) is 0 Å². The Hall–Kier alpha value is -1.76. The van der Waals surface area contributed by atoms with Crippen molar-refractivity contribution in [2.75, 3.05) is 21.9 Å². The van der Waals surface area contributed by atoms with Crippen molar-refractivity contribution in [2.24, 2.45) is 0 Å². The molecule has 1 saturated heterocycles. The first-order valence-corrected chi connectivity index (χ1v) is 9.62. The number of anilines is 2. The predicted octanol–water partition coefficient (Wildman–Crippen LogP) is 1.94. The summed E-state index contributed by atoms with van der Waals surface area (Å²) in [5.41, 5.74) is 1.46. The predicted molar refractivity (Wildman–Crippen MR) is 93.2 cm³/mol. The van der Waals surface area contributed by atoms with Gasteiger partial charge in [-0.15, -0.1) is 0 Å². The molecule has 1 fully saturated rings. The van der Waals surface area contributed by atoms with Crippen LogP contribution in [0.4, 0.5) is 11.4 Å². The number of rotatable bonds is 6. The van der Waals surface area contributed by atoms with Gasteiger partial charge in [-0.3, -0.25) is 9.10 Å². The van der Waals surface area contributed by atoms with Gasteiger partial charge in [0, 0.05) is 18.3 Å². The quantitative estimate of drug-likeness (QED) is 0.830. The van der Waals surface area contributed by atoms with Crippen LogP contribution < -0.4 is 14.9 Å². The number of hydrogen-bond acceptors (Lipinski definition) is 4. The van der Waals surface area contributed by atoms with Gasteiger partial charge < -0.3 is 10.6 Å². The zero-order chi connectivity index (χ0) is 17.0. The zero-order valence-corrected chi connectivity index (χ0v) is 14.7. The molecule has 0 radical (unpaired) electrons. The maximum atomic E-state index is 12.0. The summed E-state index contributed by atoms with van der Waals surface area (Å²) in [5.74, 6) is 0.158. The van der Waals surface area contributed by atoms with Gasteiger partial charge in [0.15, 0.2) is 0 Å². The molecular formula is C16H25N3O3S. The molecular weight excluding hydrogens is 314 g/mol. The number of carbonyl (C=O) groups is 1. The molecule has 0 aliphatic carbocycles. The Labute approximate surface area is 138 Å². The number of nitrogens with zero attached hydrogens (tertiary/aromatic N) is 1. The van der Waals surface area contributed by atoms with Crippen molar-refractivity contribution in [2.45, 2.75) is 45.7 Å². The van der Waals surface area contributed by atoms with Gasteiger partial charge in [-0.1, -0.05) is 6.92 Å². The lowest BCUT2D eigenvalue weighted by Gasteiger charge is -2.20. The molecule has 0 unspecified atom stereocenters. The highest BCUT2D eigenvalue weighted by Gasteiger charge is 2.28. The summed E-state index contributed by atoms with van der Waals surface area (Å²) in [7, 11) is -3.16. The second-order valence-electron chi connectivity index (χ2n) is 5.97. The van der Waals surface area contributed by atoms with Crippen LogP contribution in [0.5, 0.6) is 0 Å².